The molecule has 1 N–H and O–H groups in total. The highest BCUT2D eigenvalue weighted by molar-refractivity contribution is 5.87. The van der Waals surface area contributed by atoms with Gasteiger partial charge in [-0.25, -0.2) is 4.39 Å². The number of carbonyl (C=O) groups is 2. The summed E-state index contributed by atoms with van der Waals surface area (Å²) in [6, 6.07) is 14.0. The van der Waals surface area contributed by atoms with Crippen LogP contribution in [0.3, 0.4) is 0 Å². The van der Waals surface area contributed by atoms with E-state index in [1.807, 2.05) is 24.3 Å². The van der Waals surface area contributed by atoms with Gasteiger partial charge in [-0.3, -0.25) is 9.59 Å². The quantitative estimate of drug-likeness (QED) is 0.806. The van der Waals surface area contributed by atoms with Gasteiger partial charge in [0, 0.05) is 27.1 Å². The van der Waals surface area contributed by atoms with E-state index in [1.165, 1.54) is 19.2 Å². The van der Waals surface area contributed by atoms with Crippen LogP contribution in [0.25, 0.3) is 11.1 Å². The Kier molecular flexibility index (Phi) is 6.61. The molecule has 2 aromatic carbocycles. The van der Waals surface area contributed by atoms with Crippen molar-refractivity contribution >= 4 is 11.8 Å². The predicted molar refractivity (Wildman–Crippen MR) is 107 cm³/mol. The summed E-state index contributed by atoms with van der Waals surface area (Å²) in [5.41, 5.74) is 1.60. The van der Waals surface area contributed by atoms with Crippen molar-refractivity contribution in [2.75, 3.05) is 40.5 Å². The van der Waals surface area contributed by atoms with Gasteiger partial charge in [0.15, 0.2) is 5.60 Å². The Hall–Kier alpha value is -2.77. The summed E-state index contributed by atoms with van der Waals surface area (Å²) in [6.45, 7) is 0.825. The molecule has 0 radical (unpaired) electrons. The van der Waals surface area contributed by atoms with Gasteiger partial charge in [0.05, 0.1) is 13.2 Å². The average molecular weight is 400 g/mol. The van der Waals surface area contributed by atoms with Gasteiger partial charge < -0.3 is 19.7 Å². The summed E-state index contributed by atoms with van der Waals surface area (Å²) in [4.78, 5) is 26.6. The lowest BCUT2D eigenvalue weighted by atomic mass is 9.90. The highest BCUT2D eigenvalue weighted by atomic mass is 19.1. The number of halogens is 1. The standard InChI is InChI=1S/C22H25FN2O4/c1-24-21(27)22(15-25(11-12-29-22)20(26)14-28-2)13-16-3-5-17(6-4-16)18-7-9-19(23)10-8-18/h3-10H,11-15H2,1-2H3,(H,24,27). The molecule has 3 rings (SSSR count). The van der Waals surface area contributed by atoms with Crippen LogP contribution in [0.2, 0.25) is 0 Å². The molecular weight excluding hydrogens is 375 g/mol. The second kappa shape index (κ2) is 9.15. The Morgan fingerprint density at radius 2 is 1.76 bits per heavy atom. The highest BCUT2D eigenvalue weighted by Crippen LogP contribution is 2.26. The molecule has 0 aliphatic carbocycles. The molecule has 29 heavy (non-hydrogen) atoms. The Labute approximate surface area is 169 Å². The number of hydrogen-bond acceptors (Lipinski definition) is 4. The maximum Gasteiger partial charge on any atom is 0.254 e. The zero-order valence-corrected chi connectivity index (χ0v) is 16.6. The van der Waals surface area contributed by atoms with E-state index in [2.05, 4.69) is 5.32 Å². The van der Waals surface area contributed by atoms with Crippen molar-refractivity contribution in [1.82, 2.24) is 10.2 Å². The molecule has 1 heterocycles. The van der Waals surface area contributed by atoms with Gasteiger partial charge in [-0.1, -0.05) is 36.4 Å². The fraction of sp³-hybridized carbons (Fsp3) is 0.364. The summed E-state index contributed by atoms with van der Waals surface area (Å²) < 4.78 is 24.0. The van der Waals surface area contributed by atoms with Crippen LogP contribution in [0.4, 0.5) is 4.39 Å². The summed E-state index contributed by atoms with van der Waals surface area (Å²) >= 11 is 0. The van der Waals surface area contributed by atoms with Crippen LogP contribution in [-0.2, 0) is 25.5 Å². The van der Waals surface area contributed by atoms with Crippen LogP contribution in [0.15, 0.2) is 48.5 Å². The van der Waals surface area contributed by atoms with Crippen LogP contribution in [-0.4, -0.2) is 62.8 Å². The number of ether oxygens (including phenoxy) is 2. The van der Waals surface area contributed by atoms with E-state index in [0.29, 0.717) is 13.0 Å². The first kappa shape index (κ1) is 21.0. The predicted octanol–water partition coefficient (Wildman–Crippen LogP) is 2.03. The largest absolute Gasteiger partial charge is 0.375 e. The van der Waals surface area contributed by atoms with Crippen molar-refractivity contribution in [3.63, 3.8) is 0 Å². The molecule has 1 fully saturated rings. The molecule has 1 atom stereocenters. The van der Waals surface area contributed by atoms with Crippen molar-refractivity contribution in [3.05, 3.63) is 59.9 Å². The molecule has 1 aliphatic heterocycles. The maximum atomic E-state index is 13.1. The number of likely N-dealkylation sites (N-methyl/N-ethyl adjacent to an activating group) is 1. The maximum absolute atomic E-state index is 13.1. The number of morpholine rings is 1. The first-order valence-corrected chi connectivity index (χ1v) is 9.45. The van der Waals surface area contributed by atoms with E-state index in [1.54, 1.807) is 24.1 Å². The van der Waals surface area contributed by atoms with E-state index in [9.17, 15) is 14.0 Å². The third-order valence-electron chi connectivity index (χ3n) is 5.07. The molecule has 2 aromatic rings. The summed E-state index contributed by atoms with van der Waals surface area (Å²) in [7, 11) is 3.02. The number of nitrogens with zero attached hydrogens (tertiary/aromatic N) is 1. The number of amides is 2. The van der Waals surface area contributed by atoms with Gasteiger partial charge in [-0.2, -0.15) is 0 Å². The molecule has 0 aromatic heterocycles. The second-order valence-electron chi connectivity index (χ2n) is 7.05. The topological polar surface area (TPSA) is 67.9 Å². The Morgan fingerprint density at radius 1 is 1.14 bits per heavy atom. The van der Waals surface area contributed by atoms with E-state index < -0.39 is 5.60 Å². The van der Waals surface area contributed by atoms with Crippen molar-refractivity contribution in [3.8, 4) is 11.1 Å². The van der Waals surface area contributed by atoms with E-state index in [-0.39, 0.29) is 37.4 Å². The number of hydrogen-bond donors (Lipinski definition) is 1. The van der Waals surface area contributed by atoms with Crippen LogP contribution in [0, 0.1) is 5.82 Å². The van der Waals surface area contributed by atoms with Crippen molar-refractivity contribution in [1.29, 1.82) is 0 Å². The smallest absolute Gasteiger partial charge is 0.254 e. The van der Waals surface area contributed by atoms with Crippen LogP contribution in [0.1, 0.15) is 5.56 Å². The lowest BCUT2D eigenvalue weighted by Gasteiger charge is -2.41. The summed E-state index contributed by atoms with van der Waals surface area (Å²) in [6.07, 6.45) is 0.327. The molecule has 6 nitrogen and oxygen atoms in total. The second-order valence-corrected chi connectivity index (χ2v) is 7.05. The molecule has 154 valence electrons. The monoisotopic (exact) mass is 400 g/mol. The zero-order valence-electron chi connectivity index (χ0n) is 16.6. The van der Waals surface area contributed by atoms with Gasteiger partial charge in [-0.05, 0) is 28.8 Å². The third kappa shape index (κ3) is 4.81. The molecule has 0 bridgehead atoms. The number of methoxy groups -OCH3 is 1. The summed E-state index contributed by atoms with van der Waals surface area (Å²) in [5, 5.41) is 2.66. The third-order valence-corrected chi connectivity index (χ3v) is 5.07. The minimum Gasteiger partial charge on any atom is -0.375 e. The average Bonchev–Trinajstić information content (AvgIpc) is 2.74. The first-order chi connectivity index (χ1) is 14.0. The lowest BCUT2D eigenvalue weighted by Crippen LogP contribution is -2.62. The highest BCUT2D eigenvalue weighted by Gasteiger charge is 2.44. The Morgan fingerprint density at radius 3 is 2.34 bits per heavy atom. The molecule has 7 heteroatoms. The molecule has 2 amide bonds. The Balaban J connectivity index is 1.80. The SMILES string of the molecule is CNC(=O)C1(Cc2ccc(-c3ccc(F)cc3)cc2)CN(C(=O)COC)CCO1. The van der Waals surface area contributed by atoms with Gasteiger partial charge in [0.25, 0.3) is 5.91 Å². The number of carbonyl (C=O) groups excluding carboxylic acids is 2. The van der Waals surface area contributed by atoms with Crippen LogP contribution < -0.4 is 5.32 Å². The van der Waals surface area contributed by atoms with Crippen LogP contribution in [0.5, 0.6) is 0 Å². The number of rotatable bonds is 6. The summed E-state index contributed by atoms with van der Waals surface area (Å²) in [5.74, 6) is -0.717. The van der Waals surface area contributed by atoms with Gasteiger partial charge in [0.2, 0.25) is 5.91 Å². The number of nitrogens with one attached hydrogen (secondary N) is 1. The van der Waals surface area contributed by atoms with Gasteiger partial charge >= 0.3 is 0 Å². The first-order valence-electron chi connectivity index (χ1n) is 9.45. The molecule has 1 aliphatic rings. The molecule has 0 saturated carbocycles. The minimum absolute atomic E-state index is 0.0316. The van der Waals surface area contributed by atoms with Crippen molar-refractivity contribution in [2.45, 2.75) is 12.0 Å². The van der Waals surface area contributed by atoms with Crippen molar-refractivity contribution in [2.24, 2.45) is 0 Å². The zero-order chi connectivity index (χ0) is 20.9. The van der Waals surface area contributed by atoms with Crippen LogP contribution >= 0.6 is 0 Å². The normalized spacial score (nSPS) is 19.1. The van der Waals surface area contributed by atoms with E-state index >= 15 is 0 Å². The Bertz CT molecular complexity index is 854. The fourth-order valence-corrected chi connectivity index (χ4v) is 3.55. The van der Waals surface area contributed by atoms with Crippen molar-refractivity contribution < 1.29 is 23.5 Å². The molecular formula is C22H25FN2O4. The fourth-order valence-electron chi connectivity index (χ4n) is 3.55. The van der Waals surface area contributed by atoms with E-state index in [0.717, 1.165) is 16.7 Å². The molecule has 1 unspecified atom stereocenters. The van der Waals surface area contributed by atoms with Gasteiger partial charge in [-0.15, -0.1) is 0 Å². The molecule has 1 saturated heterocycles. The van der Waals surface area contributed by atoms with E-state index in [4.69, 9.17) is 9.47 Å². The number of benzene rings is 2. The van der Waals surface area contributed by atoms with Gasteiger partial charge in [0.1, 0.15) is 12.4 Å². The minimum atomic E-state index is -1.16. The molecule has 0 spiro atoms. The lowest BCUT2D eigenvalue weighted by molar-refractivity contribution is -0.167.